The quantitative estimate of drug-likeness (QED) is 0.595. The molecule has 5 heteroatoms. The van der Waals surface area contributed by atoms with Crippen LogP contribution in [0.5, 0.6) is 0 Å². The molecule has 0 bridgehead atoms. The zero-order chi connectivity index (χ0) is 11.3. The maximum absolute atomic E-state index is 9.68. The van der Waals surface area contributed by atoms with Crippen molar-refractivity contribution in [1.82, 2.24) is 4.98 Å². The minimum Gasteiger partial charge on any atom is -0.389 e. The van der Waals surface area contributed by atoms with Crippen molar-refractivity contribution in [2.45, 2.75) is 36.6 Å². The van der Waals surface area contributed by atoms with E-state index in [9.17, 15) is 5.11 Å². The van der Waals surface area contributed by atoms with Crippen molar-refractivity contribution >= 4 is 23.1 Å². The molecule has 15 heavy (non-hydrogen) atoms. The number of rotatable bonds is 6. The molecule has 0 fully saturated rings. The Labute approximate surface area is 99.1 Å². The Bertz CT molecular complexity index is 299. The van der Waals surface area contributed by atoms with Crippen LogP contribution < -0.4 is 5.73 Å². The van der Waals surface area contributed by atoms with Gasteiger partial charge in [-0.15, -0.1) is 11.3 Å². The Hall–Kier alpha value is -0.100. The molecule has 0 saturated heterocycles. The molecule has 0 amide bonds. The molecule has 0 aliphatic rings. The summed E-state index contributed by atoms with van der Waals surface area (Å²) in [5, 5.41) is 11.7. The number of nitrogens with zero attached hydrogens (tertiary/aromatic N) is 1. The summed E-state index contributed by atoms with van der Waals surface area (Å²) in [6.07, 6.45) is 1.72. The van der Waals surface area contributed by atoms with E-state index in [1.54, 1.807) is 30.0 Å². The lowest BCUT2D eigenvalue weighted by Gasteiger charge is -2.20. The molecule has 0 saturated carbocycles. The van der Waals surface area contributed by atoms with Crippen molar-refractivity contribution in [1.29, 1.82) is 0 Å². The van der Waals surface area contributed by atoms with Gasteiger partial charge in [0.15, 0.2) is 0 Å². The third-order valence-corrected chi connectivity index (χ3v) is 4.35. The lowest BCUT2D eigenvalue weighted by Crippen LogP contribution is -2.34. The number of aryl methyl sites for hydroxylation is 1. The van der Waals surface area contributed by atoms with Gasteiger partial charge in [0.25, 0.3) is 0 Å². The van der Waals surface area contributed by atoms with E-state index in [1.807, 2.05) is 6.92 Å². The molecular formula is C10H18N2OS2. The average Bonchev–Trinajstić information content (AvgIpc) is 2.59. The van der Waals surface area contributed by atoms with Crippen molar-refractivity contribution in [3.05, 3.63) is 11.1 Å². The van der Waals surface area contributed by atoms with Gasteiger partial charge in [-0.2, -0.15) is 0 Å². The summed E-state index contributed by atoms with van der Waals surface area (Å²) in [4.78, 5) is 4.36. The summed E-state index contributed by atoms with van der Waals surface area (Å²) in [5.74, 6) is 0.989. The summed E-state index contributed by atoms with van der Waals surface area (Å²) in [6.45, 7) is 4.11. The highest BCUT2D eigenvalue weighted by Gasteiger charge is 2.16. The molecule has 1 atom stereocenters. The van der Waals surface area contributed by atoms with Gasteiger partial charge in [0, 0.05) is 23.4 Å². The summed E-state index contributed by atoms with van der Waals surface area (Å²) in [7, 11) is 0. The highest BCUT2D eigenvalue weighted by atomic mass is 32.2. The zero-order valence-electron chi connectivity index (χ0n) is 9.19. The highest BCUT2D eigenvalue weighted by Crippen LogP contribution is 2.24. The highest BCUT2D eigenvalue weighted by molar-refractivity contribution is 8.00. The van der Waals surface area contributed by atoms with Gasteiger partial charge in [-0.3, -0.25) is 0 Å². The molecular weight excluding hydrogens is 228 g/mol. The van der Waals surface area contributed by atoms with Gasteiger partial charge < -0.3 is 10.8 Å². The molecule has 86 valence electrons. The molecule has 3 N–H and O–H groups in total. The topological polar surface area (TPSA) is 59.1 Å². The standard InChI is InChI=1S/C10H18N2OS2/c1-8-6-15-9(12-8)14-5-3-4-10(2,13)7-11/h6,13H,3-5,7,11H2,1-2H3. The molecule has 0 radical (unpaired) electrons. The molecule has 3 nitrogen and oxygen atoms in total. The molecule has 1 aromatic heterocycles. The van der Waals surface area contributed by atoms with E-state index in [2.05, 4.69) is 10.4 Å². The van der Waals surface area contributed by atoms with Crippen molar-refractivity contribution in [3.63, 3.8) is 0 Å². The number of thiazole rings is 1. The Morgan fingerprint density at radius 1 is 1.67 bits per heavy atom. The van der Waals surface area contributed by atoms with E-state index < -0.39 is 5.60 Å². The lowest BCUT2D eigenvalue weighted by atomic mass is 10.0. The van der Waals surface area contributed by atoms with E-state index in [4.69, 9.17) is 5.73 Å². The summed E-state index contributed by atoms with van der Waals surface area (Å²) in [5.41, 5.74) is 5.81. The summed E-state index contributed by atoms with van der Waals surface area (Å²) < 4.78 is 1.11. The molecule has 0 aliphatic heterocycles. The Balaban J connectivity index is 2.17. The van der Waals surface area contributed by atoms with Crippen LogP contribution in [0.1, 0.15) is 25.5 Å². The van der Waals surface area contributed by atoms with Gasteiger partial charge >= 0.3 is 0 Å². The van der Waals surface area contributed by atoms with Gasteiger partial charge in [-0.1, -0.05) is 11.8 Å². The number of aliphatic hydroxyl groups is 1. The van der Waals surface area contributed by atoms with Crippen LogP contribution in [-0.4, -0.2) is 28.0 Å². The maximum atomic E-state index is 9.68. The Morgan fingerprint density at radius 2 is 2.40 bits per heavy atom. The maximum Gasteiger partial charge on any atom is 0.150 e. The normalized spacial score (nSPS) is 15.2. The number of hydrogen-bond donors (Lipinski definition) is 2. The zero-order valence-corrected chi connectivity index (χ0v) is 10.8. The number of nitrogens with two attached hydrogens (primary N) is 1. The van der Waals surface area contributed by atoms with Gasteiger partial charge in [-0.05, 0) is 26.7 Å². The molecule has 1 aromatic rings. The van der Waals surface area contributed by atoms with Crippen molar-refractivity contribution < 1.29 is 5.11 Å². The minimum absolute atomic E-state index is 0.327. The first-order valence-corrected chi connectivity index (χ1v) is 6.87. The van der Waals surface area contributed by atoms with Crippen LogP contribution in [0.3, 0.4) is 0 Å². The van der Waals surface area contributed by atoms with Crippen molar-refractivity contribution in [2.75, 3.05) is 12.3 Å². The summed E-state index contributed by atoms with van der Waals surface area (Å²) >= 11 is 3.43. The average molecular weight is 246 g/mol. The number of aromatic nitrogens is 1. The second kappa shape index (κ2) is 5.84. The molecule has 1 heterocycles. The SMILES string of the molecule is Cc1csc(SCCCC(C)(O)CN)n1. The number of hydrogen-bond acceptors (Lipinski definition) is 5. The lowest BCUT2D eigenvalue weighted by molar-refractivity contribution is 0.0596. The van der Waals surface area contributed by atoms with Gasteiger partial charge in [0.1, 0.15) is 4.34 Å². The fourth-order valence-corrected chi connectivity index (χ4v) is 2.97. The van der Waals surface area contributed by atoms with Crippen molar-refractivity contribution in [3.8, 4) is 0 Å². The van der Waals surface area contributed by atoms with Crippen LogP contribution in [0.2, 0.25) is 0 Å². The van der Waals surface area contributed by atoms with Crippen LogP contribution in [0.15, 0.2) is 9.72 Å². The van der Waals surface area contributed by atoms with Crippen molar-refractivity contribution in [2.24, 2.45) is 5.73 Å². The van der Waals surface area contributed by atoms with Gasteiger partial charge in [0.2, 0.25) is 0 Å². The Kier molecular flexibility index (Phi) is 5.05. The van der Waals surface area contributed by atoms with Crippen LogP contribution >= 0.6 is 23.1 Å². The molecule has 0 spiro atoms. The van der Waals surface area contributed by atoms with E-state index in [1.165, 1.54) is 0 Å². The van der Waals surface area contributed by atoms with Crippen LogP contribution in [-0.2, 0) is 0 Å². The third-order valence-electron chi connectivity index (χ3n) is 2.12. The monoisotopic (exact) mass is 246 g/mol. The van der Waals surface area contributed by atoms with Gasteiger partial charge in [0.05, 0.1) is 5.60 Å². The van der Waals surface area contributed by atoms with Crippen LogP contribution in [0.4, 0.5) is 0 Å². The third kappa shape index (κ3) is 4.97. The van der Waals surface area contributed by atoms with Crippen LogP contribution in [0.25, 0.3) is 0 Å². The van der Waals surface area contributed by atoms with E-state index in [0.717, 1.165) is 28.6 Å². The first kappa shape index (κ1) is 13.0. The van der Waals surface area contributed by atoms with E-state index in [-0.39, 0.29) is 0 Å². The molecule has 0 aliphatic carbocycles. The second-order valence-electron chi connectivity index (χ2n) is 3.91. The fourth-order valence-electron chi connectivity index (χ4n) is 1.11. The van der Waals surface area contributed by atoms with E-state index in [0.29, 0.717) is 6.54 Å². The van der Waals surface area contributed by atoms with E-state index >= 15 is 0 Å². The molecule has 1 rings (SSSR count). The smallest absolute Gasteiger partial charge is 0.150 e. The number of thioether (sulfide) groups is 1. The van der Waals surface area contributed by atoms with Gasteiger partial charge in [-0.25, -0.2) is 4.98 Å². The predicted octanol–water partition coefficient (Wildman–Crippen LogP) is 2.03. The Morgan fingerprint density at radius 3 is 2.93 bits per heavy atom. The first-order chi connectivity index (χ1) is 7.03. The predicted molar refractivity (Wildman–Crippen MR) is 66.5 cm³/mol. The second-order valence-corrected chi connectivity index (χ2v) is 6.11. The molecule has 1 unspecified atom stereocenters. The largest absolute Gasteiger partial charge is 0.389 e. The fraction of sp³-hybridized carbons (Fsp3) is 0.700. The summed E-state index contributed by atoms with van der Waals surface area (Å²) in [6, 6.07) is 0. The minimum atomic E-state index is -0.709. The van der Waals surface area contributed by atoms with Crippen LogP contribution in [0, 0.1) is 6.92 Å². The molecule has 0 aromatic carbocycles. The first-order valence-electron chi connectivity index (χ1n) is 5.01.